The molecule has 1 rings (SSSR count). The molecule has 0 radical (unpaired) electrons. The van der Waals surface area contributed by atoms with Crippen LogP contribution in [0.5, 0.6) is 0 Å². The van der Waals surface area contributed by atoms with Crippen molar-refractivity contribution in [1.82, 2.24) is 25.9 Å². The highest BCUT2D eigenvalue weighted by Gasteiger charge is 2.32. The van der Waals surface area contributed by atoms with E-state index in [-0.39, 0.29) is 31.1 Å². The van der Waals surface area contributed by atoms with E-state index < -0.39 is 60.2 Å². The number of nitrogens with zero attached hydrogens (tertiary/aromatic N) is 1. The Morgan fingerprint density at radius 2 is 1.60 bits per heavy atom. The van der Waals surface area contributed by atoms with E-state index in [0.29, 0.717) is 5.69 Å². The van der Waals surface area contributed by atoms with Crippen LogP contribution in [-0.4, -0.2) is 74.0 Å². The molecule has 35 heavy (non-hydrogen) atoms. The van der Waals surface area contributed by atoms with Gasteiger partial charge in [0.15, 0.2) is 0 Å². The molecule has 0 aliphatic rings. The molecule has 4 unspecified atom stereocenters. The molecule has 3 amide bonds. The van der Waals surface area contributed by atoms with Crippen LogP contribution >= 0.6 is 0 Å². The van der Waals surface area contributed by atoms with Gasteiger partial charge in [0.2, 0.25) is 17.7 Å². The Morgan fingerprint density at radius 1 is 0.971 bits per heavy atom. The Hall–Kier alpha value is -3.48. The first-order valence-corrected chi connectivity index (χ1v) is 11.4. The number of rotatable bonds is 15. The van der Waals surface area contributed by atoms with E-state index in [1.54, 1.807) is 13.8 Å². The fourth-order valence-electron chi connectivity index (χ4n) is 3.28. The zero-order valence-electron chi connectivity index (χ0n) is 20.4. The van der Waals surface area contributed by atoms with Gasteiger partial charge in [-0.05, 0) is 24.7 Å². The fourth-order valence-corrected chi connectivity index (χ4v) is 3.28. The zero-order valence-corrected chi connectivity index (χ0v) is 20.4. The van der Waals surface area contributed by atoms with Gasteiger partial charge < -0.3 is 36.9 Å². The van der Waals surface area contributed by atoms with Crippen molar-refractivity contribution in [2.24, 2.45) is 17.6 Å². The predicted molar refractivity (Wildman–Crippen MR) is 125 cm³/mol. The predicted octanol–water partition coefficient (Wildman–Crippen LogP) is -0.615. The minimum absolute atomic E-state index is 0.0386. The Labute approximate surface area is 203 Å². The fraction of sp³-hybridized carbons (Fsp3) is 0.636. The van der Waals surface area contributed by atoms with E-state index in [2.05, 4.69) is 25.9 Å². The van der Waals surface area contributed by atoms with Gasteiger partial charge in [-0.2, -0.15) is 0 Å². The number of aliphatic carboxylic acids is 2. The largest absolute Gasteiger partial charge is 0.481 e. The van der Waals surface area contributed by atoms with Crippen LogP contribution < -0.4 is 21.7 Å². The van der Waals surface area contributed by atoms with Gasteiger partial charge in [0.1, 0.15) is 18.1 Å². The number of nitrogens with two attached hydrogens (primary N) is 1. The van der Waals surface area contributed by atoms with Crippen LogP contribution in [0.3, 0.4) is 0 Å². The van der Waals surface area contributed by atoms with Crippen molar-refractivity contribution in [2.75, 3.05) is 0 Å². The maximum Gasteiger partial charge on any atom is 0.326 e. The monoisotopic (exact) mass is 496 g/mol. The second-order valence-electron chi connectivity index (χ2n) is 9.14. The van der Waals surface area contributed by atoms with Crippen molar-refractivity contribution in [3.63, 3.8) is 0 Å². The van der Waals surface area contributed by atoms with Gasteiger partial charge in [0.25, 0.3) is 0 Å². The molecule has 8 N–H and O–H groups in total. The smallest absolute Gasteiger partial charge is 0.326 e. The van der Waals surface area contributed by atoms with E-state index >= 15 is 0 Å². The van der Waals surface area contributed by atoms with Crippen LogP contribution in [0, 0.1) is 11.8 Å². The summed E-state index contributed by atoms with van der Waals surface area (Å²) in [6, 6.07) is -4.46. The second-order valence-corrected chi connectivity index (χ2v) is 9.14. The standard InChI is InChI=1S/C22H36N6O7/c1-11(2)7-16(20(32)26-15(22(34)35)5-6-17(29)30)27-21(33)18(12(3)4)28-19(31)14(23)8-13-9-24-10-25-13/h9-12,14-16,18H,5-8,23H2,1-4H3,(H,24,25)(H,26,32)(H,27,33)(H,28,31)(H,29,30)(H,34,35). The SMILES string of the molecule is CC(C)CC(NC(=O)C(NC(=O)C(N)Cc1cnc[nH]1)C(C)C)C(=O)NC(CCC(=O)O)C(=O)O. The second kappa shape index (κ2) is 14.0. The first-order chi connectivity index (χ1) is 16.3. The molecule has 0 spiro atoms. The zero-order chi connectivity index (χ0) is 26.7. The van der Waals surface area contributed by atoms with Gasteiger partial charge in [0.05, 0.1) is 12.4 Å². The van der Waals surface area contributed by atoms with Gasteiger partial charge in [-0.1, -0.05) is 27.7 Å². The molecule has 4 atom stereocenters. The molecule has 13 nitrogen and oxygen atoms in total. The van der Waals surface area contributed by atoms with Gasteiger partial charge >= 0.3 is 11.9 Å². The molecule has 1 aromatic rings. The molecule has 13 heteroatoms. The highest BCUT2D eigenvalue weighted by atomic mass is 16.4. The van der Waals surface area contributed by atoms with E-state index in [1.807, 2.05) is 13.8 Å². The molecule has 0 saturated carbocycles. The third kappa shape index (κ3) is 10.5. The number of hydrogen-bond donors (Lipinski definition) is 7. The van der Waals surface area contributed by atoms with Crippen LogP contribution in [0.2, 0.25) is 0 Å². The van der Waals surface area contributed by atoms with Crippen molar-refractivity contribution in [1.29, 1.82) is 0 Å². The minimum Gasteiger partial charge on any atom is -0.481 e. The van der Waals surface area contributed by atoms with Crippen LogP contribution in [0.4, 0.5) is 0 Å². The number of carboxylic acid groups (broad SMARTS) is 2. The number of carbonyl (C=O) groups excluding carboxylic acids is 3. The molecular weight excluding hydrogens is 460 g/mol. The number of carbonyl (C=O) groups is 5. The quantitative estimate of drug-likeness (QED) is 0.164. The number of H-pyrrole nitrogens is 1. The lowest BCUT2D eigenvalue weighted by atomic mass is 9.99. The summed E-state index contributed by atoms with van der Waals surface area (Å²) in [5, 5.41) is 25.6. The molecular formula is C22H36N6O7. The molecule has 0 bridgehead atoms. The number of amides is 3. The van der Waals surface area contributed by atoms with Crippen molar-refractivity contribution >= 4 is 29.7 Å². The van der Waals surface area contributed by atoms with Crippen LogP contribution in [0.1, 0.15) is 52.7 Å². The van der Waals surface area contributed by atoms with Crippen molar-refractivity contribution in [3.8, 4) is 0 Å². The van der Waals surface area contributed by atoms with Crippen molar-refractivity contribution in [3.05, 3.63) is 18.2 Å². The molecule has 1 aromatic heterocycles. The Bertz CT molecular complexity index is 872. The summed E-state index contributed by atoms with van der Waals surface area (Å²) >= 11 is 0. The van der Waals surface area contributed by atoms with Gasteiger partial charge in [-0.3, -0.25) is 19.2 Å². The van der Waals surface area contributed by atoms with Gasteiger partial charge in [0, 0.05) is 24.7 Å². The summed E-state index contributed by atoms with van der Waals surface area (Å²) in [5.74, 6) is -4.90. The first-order valence-electron chi connectivity index (χ1n) is 11.4. The van der Waals surface area contributed by atoms with E-state index in [4.69, 9.17) is 10.8 Å². The maximum absolute atomic E-state index is 13.0. The number of aromatic amines is 1. The number of imidazole rings is 1. The minimum atomic E-state index is -1.42. The Morgan fingerprint density at radius 3 is 2.09 bits per heavy atom. The van der Waals surface area contributed by atoms with Crippen LogP contribution in [-0.2, 0) is 30.4 Å². The number of carboxylic acids is 2. The lowest BCUT2D eigenvalue weighted by molar-refractivity contribution is -0.143. The highest BCUT2D eigenvalue weighted by Crippen LogP contribution is 2.10. The maximum atomic E-state index is 13.0. The topological polar surface area (TPSA) is 217 Å². The van der Waals surface area contributed by atoms with Crippen LogP contribution in [0.15, 0.2) is 12.5 Å². The number of nitrogens with one attached hydrogen (secondary N) is 4. The average molecular weight is 497 g/mol. The summed E-state index contributed by atoms with van der Waals surface area (Å²) in [4.78, 5) is 67.4. The van der Waals surface area contributed by atoms with Gasteiger partial charge in [-0.25, -0.2) is 9.78 Å². The third-order valence-corrected chi connectivity index (χ3v) is 5.18. The lowest BCUT2D eigenvalue weighted by Gasteiger charge is -2.27. The summed E-state index contributed by atoms with van der Waals surface area (Å²) < 4.78 is 0. The van der Waals surface area contributed by atoms with E-state index in [9.17, 15) is 29.1 Å². The molecule has 0 aliphatic carbocycles. The number of aromatic nitrogens is 2. The van der Waals surface area contributed by atoms with Crippen LogP contribution in [0.25, 0.3) is 0 Å². The summed E-state index contributed by atoms with van der Waals surface area (Å²) in [6.07, 6.45) is 2.62. The first kappa shape index (κ1) is 29.6. The number of hydrogen-bond acceptors (Lipinski definition) is 7. The molecule has 0 aromatic carbocycles. The van der Waals surface area contributed by atoms with Gasteiger partial charge in [-0.15, -0.1) is 0 Å². The summed E-state index contributed by atoms with van der Waals surface area (Å²) in [7, 11) is 0. The average Bonchev–Trinajstić information content (AvgIpc) is 3.25. The lowest BCUT2D eigenvalue weighted by Crippen LogP contribution is -2.58. The molecule has 196 valence electrons. The van der Waals surface area contributed by atoms with E-state index in [0.717, 1.165) is 0 Å². The highest BCUT2D eigenvalue weighted by molar-refractivity contribution is 5.94. The molecule has 0 aliphatic heterocycles. The molecule has 0 fully saturated rings. The third-order valence-electron chi connectivity index (χ3n) is 5.18. The van der Waals surface area contributed by atoms with E-state index in [1.165, 1.54) is 12.5 Å². The summed E-state index contributed by atoms with van der Waals surface area (Å²) in [6.45, 7) is 7.08. The van der Waals surface area contributed by atoms with Crippen molar-refractivity contribution in [2.45, 2.75) is 77.5 Å². The Balaban J connectivity index is 2.90. The summed E-state index contributed by atoms with van der Waals surface area (Å²) in [5.41, 5.74) is 6.61. The normalized spacial score (nSPS) is 14.6. The molecule has 1 heterocycles. The molecule has 0 saturated heterocycles. The van der Waals surface area contributed by atoms with Crippen molar-refractivity contribution < 1.29 is 34.2 Å². The Kier molecular flexibility index (Phi) is 11.9.